The maximum atomic E-state index is 13.2. The number of hydrogen-bond donors (Lipinski definition) is 0. The monoisotopic (exact) mass is 234 g/mol. The van der Waals surface area contributed by atoms with Crippen molar-refractivity contribution in [2.75, 3.05) is 13.6 Å². The molecule has 17 heavy (non-hydrogen) atoms. The van der Waals surface area contributed by atoms with Gasteiger partial charge in [-0.15, -0.1) is 0 Å². The molecule has 1 aromatic rings. The standard InChI is InChI=1S/C14H19FN2/c1-3-4-5-6-17(2)11-13-7-12(10-16)8-14(15)9-13/h7-9H,3-6,11H2,1-2H3. The molecule has 1 rings (SSSR count). The van der Waals surface area contributed by atoms with Gasteiger partial charge in [0, 0.05) is 6.54 Å². The van der Waals surface area contributed by atoms with Crippen LogP contribution in [0.5, 0.6) is 0 Å². The molecule has 2 nitrogen and oxygen atoms in total. The van der Waals surface area contributed by atoms with Crippen LogP contribution in [0.2, 0.25) is 0 Å². The highest BCUT2D eigenvalue weighted by Crippen LogP contribution is 2.11. The minimum absolute atomic E-state index is 0.332. The lowest BCUT2D eigenvalue weighted by Gasteiger charge is -2.16. The number of unbranched alkanes of at least 4 members (excludes halogenated alkanes) is 2. The fourth-order valence-electron chi connectivity index (χ4n) is 1.83. The summed E-state index contributed by atoms with van der Waals surface area (Å²) in [5, 5.41) is 8.76. The first-order chi connectivity index (χ1) is 8.15. The fourth-order valence-corrected chi connectivity index (χ4v) is 1.83. The molecule has 1 aromatic carbocycles. The third-order valence-electron chi connectivity index (χ3n) is 2.68. The van der Waals surface area contributed by atoms with E-state index in [0.29, 0.717) is 12.1 Å². The summed E-state index contributed by atoms with van der Waals surface area (Å²) in [7, 11) is 2.02. The van der Waals surface area contributed by atoms with E-state index in [1.807, 2.05) is 13.1 Å². The average molecular weight is 234 g/mol. The summed E-state index contributed by atoms with van der Waals surface area (Å²) in [5.41, 5.74) is 1.25. The molecule has 0 bridgehead atoms. The molecule has 0 fully saturated rings. The summed E-state index contributed by atoms with van der Waals surface area (Å²) in [6, 6.07) is 6.49. The second-order valence-electron chi connectivity index (χ2n) is 4.40. The van der Waals surface area contributed by atoms with Crippen LogP contribution in [0.4, 0.5) is 4.39 Å². The van der Waals surface area contributed by atoms with Crippen LogP contribution in [-0.2, 0) is 6.54 Å². The lowest BCUT2D eigenvalue weighted by atomic mass is 10.1. The predicted octanol–water partition coefficient (Wildman–Crippen LogP) is 3.32. The number of benzene rings is 1. The number of halogens is 1. The second kappa shape index (κ2) is 7.03. The first kappa shape index (κ1) is 13.7. The van der Waals surface area contributed by atoms with Crippen LogP contribution >= 0.6 is 0 Å². The molecule has 3 heteroatoms. The summed E-state index contributed by atoms with van der Waals surface area (Å²) < 4.78 is 13.2. The van der Waals surface area contributed by atoms with E-state index in [2.05, 4.69) is 11.8 Å². The lowest BCUT2D eigenvalue weighted by Crippen LogP contribution is -2.19. The van der Waals surface area contributed by atoms with Gasteiger partial charge in [-0.2, -0.15) is 5.26 Å². The van der Waals surface area contributed by atoms with Gasteiger partial charge in [0.05, 0.1) is 11.6 Å². The Hall–Kier alpha value is -1.40. The van der Waals surface area contributed by atoms with E-state index >= 15 is 0 Å². The van der Waals surface area contributed by atoms with Crippen LogP contribution in [0.15, 0.2) is 18.2 Å². The van der Waals surface area contributed by atoms with Crippen LogP contribution < -0.4 is 0 Å². The maximum absolute atomic E-state index is 13.2. The molecule has 0 aliphatic rings. The normalized spacial score (nSPS) is 10.5. The first-order valence-electron chi connectivity index (χ1n) is 6.03. The van der Waals surface area contributed by atoms with Crippen LogP contribution in [0, 0.1) is 17.1 Å². The highest BCUT2D eigenvalue weighted by molar-refractivity contribution is 5.33. The molecule has 0 aromatic heterocycles. The zero-order valence-corrected chi connectivity index (χ0v) is 10.5. The Balaban J connectivity index is 2.56. The Bertz CT molecular complexity index is 396. The van der Waals surface area contributed by atoms with Gasteiger partial charge in [0.1, 0.15) is 5.82 Å². The first-order valence-corrected chi connectivity index (χ1v) is 6.03. The molecule has 0 saturated heterocycles. The Morgan fingerprint density at radius 3 is 2.71 bits per heavy atom. The summed E-state index contributed by atoms with van der Waals surface area (Å²) in [6.45, 7) is 3.87. The van der Waals surface area contributed by atoms with E-state index in [-0.39, 0.29) is 5.82 Å². The Morgan fingerprint density at radius 2 is 2.06 bits per heavy atom. The van der Waals surface area contributed by atoms with E-state index < -0.39 is 0 Å². The van der Waals surface area contributed by atoms with Crippen molar-refractivity contribution >= 4 is 0 Å². The third kappa shape index (κ3) is 4.97. The van der Waals surface area contributed by atoms with Crippen molar-refractivity contribution in [3.05, 3.63) is 35.1 Å². The largest absolute Gasteiger partial charge is 0.302 e. The van der Waals surface area contributed by atoms with Crippen molar-refractivity contribution in [1.29, 1.82) is 5.26 Å². The van der Waals surface area contributed by atoms with Gasteiger partial charge < -0.3 is 4.90 Å². The van der Waals surface area contributed by atoms with Crippen LogP contribution in [0.3, 0.4) is 0 Å². The zero-order chi connectivity index (χ0) is 12.7. The molecule has 0 radical (unpaired) electrons. The van der Waals surface area contributed by atoms with Crippen LogP contribution in [0.1, 0.15) is 37.3 Å². The van der Waals surface area contributed by atoms with E-state index in [0.717, 1.165) is 18.5 Å². The SMILES string of the molecule is CCCCCN(C)Cc1cc(F)cc(C#N)c1. The topological polar surface area (TPSA) is 27.0 Å². The molecule has 92 valence electrons. The van der Waals surface area contributed by atoms with E-state index in [1.165, 1.54) is 25.0 Å². The minimum atomic E-state index is -0.332. The van der Waals surface area contributed by atoms with Crippen molar-refractivity contribution in [3.63, 3.8) is 0 Å². The van der Waals surface area contributed by atoms with Crippen LogP contribution in [-0.4, -0.2) is 18.5 Å². The summed E-state index contributed by atoms with van der Waals surface area (Å²) in [5.74, 6) is -0.332. The molecular formula is C14H19FN2. The molecule has 0 N–H and O–H groups in total. The number of hydrogen-bond acceptors (Lipinski definition) is 2. The van der Waals surface area contributed by atoms with Gasteiger partial charge in [0.15, 0.2) is 0 Å². The summed E-state index contributed by atoms with van der Waals surface area (Å²) in [6.07, 6.45) is 3.58. The fraction of sp³-hybridized carbons (Fsp3) is 0.500. The average Bonchev–Trinajstić information content (AvgIpc) is 2.28. The Kier molecular flexibility index (Phi) is 5.65. The molecule has 0 atom stereocenters. The summed E-state index contributed by atoms with van der Waals surface area (Å²) in [4.78, 5) is 2.16. The molecule has 0 aliphatic heterocycles. The van der Waals surface area contributed by atoms with Gasteiger partial charge in [-0.25, -0.2) is 4.39 Å². The van der Waals surface area contributed by atoms with Gasteiger partial charge in [-0.3, -0.25) is 0 Å². The quantitative estimate of drug-likeness (QED) is 0.706. The maximum Gasteiger partial charge on any atom is 0.124 e. The van der Waals surface area contributed by atoms with E-state index in [9.17, 15) is 4.39 Å². The molecule has 0 heterocycles. The molecule has 0 unspecified atom stereocenters. The van der Waals surface area contributed by atoms with Crippen molar-refractivity contribution < 1.29 is 4.39 Å². The molecule has 0 spiro atoms. The van der Waals surface area contributed by atoms with Gasteiger partial charge >= 0.3 is 0 Å². The second-order valence-corrected chi connectivity index (χ2v) is 4.40. The predicted molar refractivity (Wildman–Crippen MR) is 67.0 cm³/mol. The van der Waals surface area contributed by atoms with E-state index in [1.54, 1.807) is 6.07 Å². The van der Waals surface area contributed by atoms with Gasteiger partial charge in [0.2, 0.25) is 0 Å². The van der Waals surface area contributed by atoms with Crippen molar-refractivity contribution in [3.8, 4) is 6.07 Å². The van der Waals surface area contributed by atoms with Gasteiger partial charge in [-0.05, 0) is 43.8 Å². The third-order valence-corrected chi connectivity index (χ3v) is 2.68. The van der Waals surface area contributed by atoms with Crippen molar-refractivity contribution in [2.24, 2.45) is 0 Å². The Morgan fingerprint density at radius 1 is 1.29 bits per heavy atom. The highest BCUT2D eigenvalue weighted by atomic mass is 19.1. The number of nitriles is 1. The smallest absolute Gasteiger partial charge is 0.124 e. The zero-order valence-electron chi connectivity index (χ0n) is 10.5. The summed E-state index contributed by atoms with van der Waals surface area (Å²) >= 11 is 0. The molecular weight excluding hydrogens is 215 g/mol. The van der Waals surface area contributed by atoms with Crippen molar-refractivity contribution in [2.45, 2.75) is 32.7 Å². The molecule has 0 saturated carbocycles. The molecule has 0 amide bonds. The molecule has 0 aliphatic carbocycles. The highest BCUT2D eigenvalue weighted by Gasteiger charge is 2.04. The van der Waals surface area contributed by atoms with Crippen LogP contribution in [0.25, 0.3) is 0 Å². The lowest BCUT2D eigenvalue weighted by molar-refractivity contribution is 0.317. The number of nitrogens with zero attached hydrogens (tertiary/aromatic N) is 2. The van der Waals surface area contributed by atoms with Gasteiger partial charge in [-0.1, -0.05) is 19.8 Å². The van der Waals surface area contributed by atoms with Crippen molar-refractivity contribution in [1.82, 2.24) is 4.90 Å². The Labute approximate surface area is 103 Å². The minimum Gasteiger partial charge on any atom is -0.302 e. The van der Waals surface area contributed by atoms with E-state index in [4.69, 9.17) is 5.26 Å². The van der Waals surface area contributed by atoms with Gasteiger partial charge in [0.25, 0.3) is 0 Å². The number of rotatable bonds is 6.